The van der Waals surface area contributed by atoms with Crippen molar-refractivity contribution < 1.29 is 4.42 Å². The van der Waals surface area contributed by atoms with Crippen LogP contribution in [-0.2, 0) is 13.1 Å². The van der Waals surface area contributed by atoms with E-state index in [1.165, 1.54) is 31.5 Å². The van der Waals surface area contributed by atoms with Crippen molar-refractivity contribution in [2.45, 2.75) is 60.5 Å². The molecule has 1 aromatic rings. The van der Waals surface area contributed by atoms with Crippen LogP contribution in [0.2, 0.25) is 0 Å². The zero-order valence-corrected chi connectivity index (χ0v) is 14.5. The molecule has 2 rings (SSSR count). The second-order valence-electron chi connectivity index (χ2n) is 7.78. The molecule has 2 heterocycles. The van der Waals surface area contributed by atoms with Crippen LogP contribution < -0.4 is 5.32 Å². The third-order valence-electron chi connectivity index (χ3n) is 4.50. The minimum atomic E-state index is 0.515. The number of hydrogen-bond donors (Lipinski definition) is 1. The second kappa shape index (κ2) is 6.97. The SMILES string of the molecule is Cc1cc(CN2CCC(C)(C)CC2)oc1CNCC(C)C. The molecule has 1 N–H and O–H groups in total. The van der Waals surface area contributed by atoms with Gasteiger partial charge in [-0.05, 0) is 62.4 Å². The van der Waals surface area contributed by atoms with Crippen LogP contribution in [0.4, 0.5) is 0 Å². The van der Waals surface area contributed by atoms with E-state index in [-0.39, 0.29) is 0 Å². The number of furan rings is 1. The molecule has 0 amide bonds. The van der Waals surface area contributed by atoms with E-state index in [2.05, 4.69) is 50.9 Å². The smallest absolute Gasteiger partial charge is 0.120 e. The fraction of sp³-hybridized carbons (Fsp3) is 0.778. The summed E-state index contributed by atoms with van der Waals surface area (Å²) in [5.41, 5.74) is 1.79. The first-order valence-electron chi connectivity index (χ1n) is 8.37. The lowest BCUT2D eigenvalue weighted by molar-refractivity contribution is 0.119. The van der Waals surface area contributed by atoms with Gasteiger partial charge in [0.1, 0.15) is 11.5 Å². The maximum atomic E-state index is 6.05. The molecule has 0 radical (unpaired) electrons. The predicted molar refractivity (Wildman–Crippen MR) is 88.3 cm³/mol. The largest absolute Gasteiger partial charge is 0.463 e. The van der Waals surface area contributed by atoms with Crippen LogP contribution in [0.15, 0.2) is 10.5 Å². The minimum absolute atomic E-state index is 0.515. The lowest BCUT2D eigenvalue weighted by Gasteiger charge is -2.36. The standard InChI is InChI=1S/C18H32N2O/c1-14(2)11-19-12-17-15(3)10-16(21-17)13-20-8-6-18(4,5)7-9-20/h10,14,19H,6-9,11-13H2,1-5H3. The van der Waals surface area contributed by atoms with E-state index >= 15 is 0 Å². The van der Waals surface area contributed by atoms with Gasteiger partial charge >= 0.3 is 0 Å². The fourth-order valence-corrected chi connectivity index (χ4v) is 2.85. The van der Waals surface area contributed by atoms with E-state index in [0.29, 0.717) is 11.3 Å². The second-order valence-corrected chi connectivity index (χ2v) is 7.78. The molecule has 1 fully saturated rings. The molecule has 1 aliphatic heterocycles. The fourth-order valence-electron chi connectivity index (χ4n) is 2.85. The summed E-state index contributed by atoms with van der Waals surface area (Å²) >= 11 is 0. The molecule has 21 heavy (non-hydrogen) atoms. The van der Waals surface area contributed by atoms with Crippen LogP contribution in [0.1, 0.15) is 57.6 Å². The van der Waals surface area contributed by atoms with Crippen LogP contribution >= 0.6 is 0 Å². The van der Waals surface area contributed by atoms with Gasteiger partial charge in [0.15, 0.2) is 0 Å². The molecule has 0 aromatic carbocycles. The molecule has 3 nitrogen and oxygen atoms in total. The number of likely N-dealkylation sites (tertiary alicyclic amines) is 1. The summed E-state index contributed by atoms with van der Waals surface area (Å²) in [7, 11) is 0. The topological polar surface area (TPSA) is 28.4 Å². The third-order valence-corrected chi connectivity index (χ3v) is 4.50. The average Bonchev–Trinajstić information content (AvgIpc) is 2.72. The van der Waals surface area contributed by atoms with Crippen molar-refractivity contribution in [2.75, 3.05) is 19.6 Å². The summed E-state index contributed by atoms with van der Waals surface area (Å²) < 4.78 is 6.05. The number of rotatable bonds is 6. The maximum Gasteiger partial charge on any atom is 0.120 e. The van der Waals surface area contributed by atoms with Gasteiger partial charge in [-0.25, -0.2) is 0 Å². The first-order valence-corrected chi connectivity index (χ1v) is 8.37. The molecule has 0 saturated carbocycles. The molecule has 0 spiro atoms. The van der Waals surface area contributed by atoms with E-state index in [1.807, 2.05) is 0 Å². The van der Waals surface area contributed by atoms with Crippen LogP contribution in [-0.4, -0.2) is 24.5 Å². The van der Waals surface area contributed by atoms with Gasteiger partial charge in [-0.15, -0.1) is 0 Å². The van der Waals surface area contributed by atoms with Crippen LogP contribution in [0, 0.1) is 18.3 Å². The van der Waals surface area contributed by atoms with Crippen molar-refractivity contribution >= 4 is 0 Å². The molecule has 1 saturated heterocycles. The lowest BCUT2D eigenvalue weighted by Crippen LogP contribution is -2.36. The molecule has 0 aliphatic carbocycles. The Morgan fingerprint density at radius 1 is 1.29 bits per heavy atom. The maximum absolute atomic E-state index is 6.05. The van der Waals surface area contributed by atoms with Gasteiger partial charge in [-0.3, -0.25) is 4.90 Å². The Morgan fingerprint density at radius 3 is 2.57 bits per heavy atom. The van der Waals surface area contributed by atoms with Crippen LogP contribution in [0.25, 0.3) is 0 Å². The summed E-state index contributed by atoms with van der Waals surface area (Å²) in [5.74, 6) is 2.90. The Bertz CT molecular complexity index is 438. The highest BCUT2D eigenvalue weighted by atomic mass is 16.3. The van der Waals surface area contributed by atoms with Gasteiger partial charge < -0.3 is 9.73 Å². The molecule has 0 unspecified atom stereocenters. The molecule has 3 heteroatoms. The molecule has 1 aliphatic rings. The summed E-state index contributed by atoms with van der Waals surface area (Å²) in [6.07, 6.45) is 2.57. The summed E-state index contributed by atoms with van der Waals surface area (Å²) in [4.78, 5) is 2.52. The molecular formula is C18H32N2O. The summed E-state index contributed by atoms with van der Waals surface area (Å²) in [5, 5.41) is 3.46. The normalized spacial score (nSPS) is 19.3. The Hall–Kier alpha value is -0.800. The van der Waals surface area contributed by atoms with E-state index in [4.69, 9.17) is 4.42 Å². The van der Waals surface area contributed by atoms with Gasteiger partial charge in [0.25, 0.3) is 0 Å². The van der Waals surface area contributed by atoms with E-state index in [1.54, 1.807) is 0 Å². The molecule has 0 atom stereocenters. The first kappa shape index (κ1) is 16.6. The van der Waals surface area contributed by atoms with E-state index in [0.717, 1.165) is 31.2 Å². The quantitative estimate of drug-likeness (QED) is 0.860. The summed E-state index contributed by atoms with van der Waals surface area (Å²) in [6.45, 7) is 16.6. The molecular weight excluding hydrogens is 260 g/mol. The number of nitrogens with zero attached hydrogens (tertiary/aromatic N) is 1. The number of nitrogens with one attached hydrogen (secondary N) is 1. The van der Waals surface area contributed by atoms with Crippen molar-refractivity contribution in [3.8, 4) is 0 Å². The Morgan fingerprint density at radius 2 is 1.95 bits per heavy atom. The Labute approximate surface area is 130 Å². The molecule has 0 bridgehead atoms. The highest BCUT2D eigenvalue weighted by Crippen LogP contribution is 2.30. The number of aryl methyl sites for hydroxylation is 1. The van der Waals surface area contributed by atoms with Crippen molar-refractivity contribution in [1.29, 1.82) is 0 Å². The number of hydrogen-bond acceptors (Lipinski definition) is 3. The van der Waals surface area contributed by atoms with Gasteiger partial charge in [0.05, 0.1) is 13.1 Å². The molecule has 120 valence electrons. The number of piperidine rings is 1. The van der Waals surface area contributed by atoms with Gasteiger partial charge in [0.2, 0.25) is 0 Å². The van der Waals surface area contributed by atoms with E-state index in [9.17, 15) is 0 Å². The molecule has 1 aromatic heterocycles. The highest BCUT2D eigenvalue weighted by molar-refractivity contribution is 5.20. The minimum Gasteiger partial charge on any atom is -0.463 e. The highest BCUT2D eigenvalue weighted by Gasteiger charge is 2.25. The van der Waals surface area contributed by atoms with Gasteiger partial charge in [-0.1, -0.05) is 27.7 Å². The third kappa shape index (κ3) is 5.15. The van der Waals surface area contributed by atoms with Crippen molar-refractivity contribution in [3.05, 3.63) is 23.2 Å². The van der Waals surface area contributed by atoms with E-state index < -0.39 is 0 Å². The first-order chi connectivity index (χ1) is 9.85. The zero-order valence-electron chi connectivity index (χ0n) is 14.5. The Balaban J connectivity index is 1.84. The zero-order chi connectivity index (χ0) is 15.5. The van der Waals surface area contributed by atoms with Gasteiger partial charge in [-0.2, -0.15) is 0 Å². The van der Waals surface area contributed by atoms with Crippen LogP contribution in [0.5, 0.6) is 0 Å². The average molecular weight is 292 g/mol. The summed E-state index contributed by atoms with van der Waals surface area (Å²) in [6, 6.07) is 2.21. The van der Waals surface area contributed by atoms with Gasteiger partial charge in [0, 0.05) is 0 Å². The van der Waals surface area contributed by atoms with Crippen molar-refractivity contribution in [3.63, 3.8) is 0 Å². The lowest BCUT2D eigenvalue weighted by atomic mass is 9.83. The van der Waals surface area contributed by atoms with Crippen molar-refractivity contribution in [1.82, 2.24) is 10.2 Å². The predicted octanol–water partition coefficient (Wildman–Crippen LogP) is 3.96. The van der Waals surface area contributed by atoms with Crippen molar-refractivity contribution in [2.24, 2.45) is 11.3 Å². The monoisotopic (exact) mass is 292 g/mol. The van der Waals surface area contributed by atoms with Crippen LogP contribution in [0.3, 0.4) is 0 Å². The Kier molecular flexibility index (Phi) is 5.50.